The van der Waals surface area contributed by atoms with Crippen LogP contribution in [-0.4, -0.2) is 76.0 Å². The van der Waals surface area contributed by atoms with Crippen molar-refractivity contribution in [2.75, 3.05) is 33.2 Å². The highest BCUT2D eigenvalue weighted by Gasteiger charge is 2.33. The second-order valence-electron chi connectivity index (χ2n) is 12.9. The lowest BCUT2D eigenvalue weighted by Gasteiger charge is -2.42. The summed E-state index contributed by atoms with van der Waals surface area (Å²) in [7, 11) is 0.411. The minimum absolute atomic E-state index is 0.0844. The zero-order valence-electron chi connectivity index (χ0n) is 27.4. The van der Waals surface area contributed by atoms with Gasteiger partial charge in [-0.3, -0.25) is 4.31 Å². The van der Waals surface area contributed by atoms with E-state index < -0.39 is 15.1 Å². The third-order valence-electron chi connectivity index (χ3n) is 9.45. The van der Waals surface area contributed by atoms with Crippen LogP contribution in [0.5, 0.6) is 0 Å². The van der Waals surface area contributed by atoms with Gasteiger partial charge in [-0.05, 0) is 82.1 Å². The quantitative estimate of drug-likeness (QED) is 0.165. The molecule has 1 aromatic rings. The van der Waals surface area contributed by atoms with Gasteiger partial charge >= 0.3 is 0 Å². The normalized spacial score (nSPS) is 21.8. The number of unbranched alkanes of at least 4 members (excludes halogenated alkanes) is 4. The van der Waals surface area contributed by atoms with Crippen molar-refractivity contribution in [3.63, 3.8) is 0 Å². The minimum Gasteiger partial charge on any atom is -0.378 e. The second-order valence-corrected chi connectivity index (χ2v) is 16.2. The Labute approximate surface area is 272 Å². The summed E-state index contributed by atoms with van der Waals surface area (Å²) in [6, 6.07) is 7.73. The number of likely N-dealkylation sites (tertiary alicyclic amines) is 2. The molecular formula is C37H56ClF2N3S. The summed E-state index contributed by atoms with van der Waals surface area (Å²) in [6.45, 7) is 11.9. The van der Waals surface area contributed by atoms with E-state index in [1.165, 1.54) is 44.6 Å². The van der Waals surface area contributed by atoms with Crippen LogP contribution in [0.3, 0.4) is 0 Å². The Morgan fingerprint density at radius 2 is 1.77 bits per heavy atom. The summed E-state index contributed by atoms with van der Waals surface area (Å²) in [5.74, 6) is 8.85. The highest BCUT2D eigenvalue weighted by Crippen LogP contribution is 2.42. The van der Waals surface area contributed by atoms with Crippen LogP contribution < -0.4 is 0 Å². The Bertz CT molecular complexity index is 1220. The van der Waals surface area contributed by atoms with Crippen molar-refractivity contribution >= 4 is 32.7 Å². The van der Waals surface area contributed by atoms with Gasteiger partial charge < -0.3 is 9.80 Å². The summed E-state index contributed by atoms with van der Waals surface area (Å²) in [4.78, 5) is 4.77. The van der Waals surface area contributed by atoms with Crippen molar-refractivity contribution in [3.05, 3.63) is 83.8 Å². The number of rotatable bonds is 12. The first-order chi connectivity index (χ1) is 21.0. The molecule has 44 heavy (non-hydrogen) atoms. The van der Waals surface area contributed by atoms with E-state index in [-0.39, 0.29) is 17.1 Å². The maximum absolute atomic E-state index is 13.9. The lowest BCUT2D eigenvalue weighted by molar-refractivity contribution is 0.0350. The minimum atomic E-state index is -1.67. The van der Waals surface area contributed by atoms with E-state index in [2.05, 4.69) is 58.5 Å². The molecule has 7 heteroatoms. The SMILES string of the molecule is C=CN1CCC(N2CCC(C)(F)CC2)CC1.C=S(=C)(C1C=CC=C(Cl)C=C1)N(C)[C@@H](CCCCCCC)c1cccc(F)c1. The molecule has 0 radical (unpaired) electrons. The summed E-state index contributed by atoms with van der Waals surface area (Å²) < 4.78 is 29.9. The molecule has 3 aliphatic rings. The molecule has 0 bridgehead atoms. The number of alkyl halides is 1. The molecule has 0 saturated carbocycles. The fraction of sp³-hybridized carbons (Fsp3) is 0.568. The van der Waals surface area contributed by atoms with E-state index in [1.54, 1.807) is 19.1 Å². The number of piperidine rings is 2. The molecule has 2 aliphatic heterocycles. The molecule has 3 nitrogen and oxygen atoms in total. The lowest BCUT2D eigenvalue weighted by Crippen LogP contribution is -2.49. The van der Waals surface area contributed by atoms with Crippen molar-refractivity contribution in [2.45, 2.75) is 101 Å². The van der Waals surface area contributed by atoms with E-state index in [9.17, 15) is 8.78 Å². The monoisotopic (exact) mass is 647 g/mol. The van der Waals surface area contributed by atoms with Crippen LogP contribution in [0.1, 0.15) is 89.7 Å². The van der Waals surface area contributed by atoms with Crippen LogP contribution in [0.4, 0.5) is 8.78 Å². The van der Waals surface area contributed by atoms with E-state index in [1.807, 2.05) is 30.5 Å². The van der Waals surface area contributed by atoms with Crippen LogP contribution >= 0.6 is 21.0 Å². The molecule has 0 spiro atoms. The molecule has 0 aromatic heterocycles. The fourth-order valence-electron chi connectivity index (χ4n) is 6.30. The lowest BCUT2D eigenvalue weighted by atomic mass is 9.92. The fourth-order valence-corrected chi connectivity index (χ4v) is 8.32. The summed E-state index contributed by atoms with van der Waals surface area (Å²) in [5, 5.41) is 0.787. The largest absolute Gasteiger partial charge is 0.378 e. The molecule has 2 saturated heterocycles. The maximum Gasteiger partial charge on any atom is 0.123 e. The first-order valence-corrected chi connectivity index (χ1v) is 18.8. The van der Waals surface area contributed by atoms with Gasteiger partial charge in [-0.25, -0.2) is 8.78 Å². The molecule has 1 aliphatic carbocycles. The predicted molar refractivity (Wildman–Crippen MR) is 193 cm³/mol. The maximum atomic E-state index is 13.9. The highest BCUT2D eigenvalue weighted by atomic mass is 35.5. The summed E-state index contributed by atoms with van der Waals surface area (Å²) in [6.07, 6.45) is 22.8. The number of allylic oxidation sites excluding steroid dienone is 4. The second kappa shape index (κ2) is 17.7. The zero-order valence-corrected chi connectivity index (χ0v) is 29.0. The Balaban J connectivity index is 0.000000278. The molecule has 0 N–H and O–H groups in total. The summed E-state index contributed by atoms with van der Waals surface area (Å²) in [5.41, 5.74) is 0.0816. The van der Waals surface area contributed by atoms with Crippen LogP contribution in [0.2, 0.25) is 0 Å². The van der Waals surface area contributed by atoms with Crippen LogP contribution in [0.15, 0.2) is 72.5 Å². The molecule has 2 heterocycles. The number of benzene rings is 1. The smallest absolute Gasteiger partial charge is 0.123 e. The average molecular weight is 648 g/mol. The van der Waals surface area contributed by atoms with E-state index in [0.29, 0.717) is 23.9 Å². The van der Waals surface area contributed by atoms with Crippen molar-refractivity contribution < 1.29 is 8.78 Å². The molecule has 1 unspecified atom stereocenters. The molecule has 246 valence electrons. The Morgan fingerprint density at radius 3 is 2.41 bits per heavy atom. The number of hydrogen-bond acceptors (Lipinski definition) is 3. The standard InChI is InChI=1S/C24H33ClFNS.C13H23FN2/c1-5-6-7-8-9-16-24(20-12-10-14-22(26)19-20)27(2)28(3,4)23-15-11-13-21(25)17-18-23;1-3-15-8-4-12(5-9-15)16-10-6-13(2,14)7-11-16/h10-15,17-19,23-24H,3-9,16H2,1-2H3;3,12H,1,4-11H2,2H3/t23?,24-;/m0./s1. The van der Waals surface area contributed by atoms with Gasteiger partial charge in [0.05, 0.1) is 0 Å². The van der Waals surface area contributed by atoms with E-state index >= 15 is 0 Å². The van der Waals surface area contributed by atoms with Crippen molar-refractivity contribution in [2.24, 2.45) is 0 Å². The van der Waals surface area contributed by atoms with E-state index in [0.717, 1.165) is 44.6 Å². The third-order valence-corrected chi connectivity index (χ3v) is 12.4. The van der Waals surface area contributed by atoms with Gasteiger partial charge in [0.1, 0.15) is 11.5 Å². The van der Waals surface area contributed by atoms with Crippen molar-refractivity contribution in [1.29, 1.82) is 0 Å². The van der Waals surface area contributed by atoms with Crippen LogP contribution in [0.25, 0.3) is 0 Å². The van der Waals surface area contributed by atoms with Gasteiger partial charge in [0.25, 0.3) is 0 Å². The van der Waals surface area contributed by atoms with E-state index in [4.69, 9.17) is 11.6 Å². The highest BCUT2D eigenvalue weighted by molar-refractivity contribution is 8.26. The number of nitrogens with zero attached hydrogens (tertiary/aromatic N) is 3. The van der Waals surface area contributed by atoms with Gasteiger partial charge in [0.2, 0.25) is 0 Å². The molecule has 2 fully saturated rings. The molecule has 4 rings (SSSR count). The first kappa shape index (κ1) is 36.6. The Kier molecular flexibility index (Phi) is 14.8. The number of hydrogen-bond donors (Lipinski definition) is 0. The number of halogens is 3. The zero-order chi connectivity index (χ0) is 32.2. The van der Waals surface area contributed by atoms with Gasteiger partial charge in [-0.1, -0.05) is 99.3 Å². The average Bonchev–Trinajstić information content (AvgIpc) is 3.24. The Hall–Kier alpha value is -1.86. The molecule has 0 amide bonds. The van der Waals surface area contributed by atoms with Crippen LogP contribution in [-0.2, 0) is 0 Å². The van der Waals surface area contributed by atoms with Gasteiger partial charge in [0.15, 0.2) is 0 Å². The molecule has 1 aromatic carbocycles. The summed E-state index contributed by atoms with van der Waals surface area (Å²) >= 11 is 6.14. The molecular weight excluding hydrogens is 592 g/mol. The van der Waals surface area contributed by atoms with Crippen molar-refractivity contribution in [1.82, 2.24) is 14.1 Å². The van der Waals surface area contributed by atoms with Crippen LogP contribution in [0, 0.1) is 5.82 Å². The van der Waals surface area contributed by atoms with Gasteiger partial charge in [0, 0.05) is 48.5 Å². The van der Waals surface area contributed by atoms with Gasteiger partial charge in [-0.2, -0.15) is 0 Å². The first-order valence-electron chi connectivity index (χ1n) is 16.5. The third kappa shape index (κ3) is 11.2. The predicted octanol–water partition coefficient (Wildman–Crippen LogP) is 9.78. The van der Waals surface area contributed by atoms with Gasteiger partial charge in [-0.15, -0.1) is 9.39 Å². The Morgan fingerprint density at radius 1 is 1.09 bits per heavy atom. The topological polar surface area (TPSA) is 9.72 Å². The molecule has 2 atom stereocenters. The van der Waals surface area contributed by atoms with Crippen molar-refractivity contribution in [3.8, 4) is 0 Å².